The van der Waals surface area contributed by atoms with Crippen molar-refractivity contribution < 1.29 is 14.6 Å². The molecule has 0 saturated carbocycles. The smallest absolute Gasteiger partial charge is 0.354 e. The number of rotatable bonds is 4. The monoisotopic (exact) mass is 300 g/mol. The summed E-state index contributed by atoms with van der Waals surface area (Å²) in [6, 6.07) is 9.43. The molecule has 22 heavy (non-hydrogen) atoms. The Balaban J connectivity index is 1.75. The minimum Gasteiger partial charge on any atom is -0.489 e. The van der Waals surface area contributed by atoms with Gasteiger partial charge in [0, 0.05) is 24.5 Å². The van der Waals surface area contributed by atoms with Crippen molar-refractivity contribution in [2.24, 2.45) is 0 Å². The van der Waals surface area contributed by atoms with E-state index in [1.54, 1.807) is 6.07 Å². The number of aromatic carboxylic acids is 1. The highest BCUT2D eigenvalue weighted by Crippen LogP contribution is 2.24. The topological polar surface area (TPSA) is 62.7 Å². The highest BCUT2D eigenvalue weighted by atomic mass is 16.5. The van der Waals surface area contributed by atoms with Crippen molar-refractivity contribution >= 4 is 16.9 Å². The summed E-state index contributed by atoms with van der Waals surface area (Å²) in [5, 5.41) is 9.86. The van der Waals surface area contributed by atoms with Gasteiger partial charge >= 0.3 is 5.97 Å². The average Bonchev–Trinajstić information content (AvgIpc) is 2.95. The maximum absolute atomic E-state index is 10.9. The van der Waals surface area contributed by atoms with E-state index in [0.29, 0.717) is 11.6 Å². The minimum atomic E-state index is -1.01. The molecule has 5 nitrogen and oxygen atoms in total. The van der Waals surface area contributed by atoms with Crippen LogP contribution < -0.4 is 4.74 Å². The van der Waals surface area contributed by atoms with Crippen molar-refractivity contribution in [3.8, 4) is 5.75 Å². The predicted molar refractivity (Wildman–Crippen MR) is 84.4 cm³/mol. The molecule has 0 amide bonds. The molecule has 0 spiro atoms. The largest absolute Gasteiger partial charge is 0.489 e. The third-order valence-corrected chi connectivity index (χ3v) is 4.09. The Kier molecular flexibility index (Phi) is 3.98. The zero-order chi connectivity index (χ0) is 15.7. The number of carbonyl (C=O) groups is 1. The van der Waals surface area contributed by atoms with E-state index in [4.69, 9.17) is 9.84 Å². The zero-order valence-corrected chi connectivity index (χ0v) is 12.8. The minimum absolute atomic E-state index is 0.0598. The normalized spacial score (nSPS) is 19.0. The van der Waals surface area contributed by atoms with Gasteiger partial charge in [-0.2, -0.15) is 0 Å². The average molecular weight is 300 g/mol. The molecule has 1 aromatic carbocycles. The van der Waals surface area contributed by atoms with Gasteiger partial charge in [-0.05, 0) is 44.5 Å². The molecule has 116 valence electrons. The Morgan fingerprint density at radius 1 is 1.36 bits per heavy atom. The molecule has 1 aliphatic rings. The van der Waals surface area contributed by atoms with Crippen LogP contribution in [0.2, 0.25) is 0 Å². The number of carboxylic acids is 1. The number of hydrogen-bond donors (Lipinski definition) is 1. The summed E-state index contributed by atoms with van der Waals surface area (Å²) in [4.78, 5) is 17.5. The van der Waals surface area contributed by atoms with Crippen LogP contribution in [0.15, 0.2) is 30.3 Å². The third kappa shape index (κ3) is 3.04. The van der Waals surface area contributed by atoms with Crippen molar-refractivity contribution in [1.29, 1.82) is 0 Å². The molecule has 1 aliphatic heterocycles. The molecule has 2 aromatic rings. The van der Waals surface area contributed by atoms with Gasteiger partial charge in [0.05, 0.1) is 5.52 Å². The summed E-state index contributed by atoms with van der Waals surface area (Å²) < 4.78 is 6.06. The lowest BCUT2D eigenvalue weighted by Crippen LogP contribution is -2.30. The van der Waals surface area contributed by atoms with Crippen molar-refractivity contribution in [2.45, 2.75) is 32.4 Å². The van der Waals surface area contributed by atoms with Gasteiger partial charge in [0.15, 0.2) is 0 Å². The lowest BCUT2D eigenvalue weighted by Gasteiger charge is -2.20. The van der Waals surface area contributed by atoms with Crippen LogP contribution in [0.25, 0.3) is 10.9 Å². The van der Waals surface area contributed by atoms with E-state index in [1.807, 2.05) is 18.2 Å². The molecular weight excluding hydrogens is 280 g/mol. The summed E-state index contributed by atoms with van der Waals surface area (Å²) in [6.45, 7) is 6.42. The molecule has 1 fully saturated rings. The summed E-state index contributed by atoms with van der Waals surface area (Å²) in [5.74, 6) is -0.199. The maximum atomic E-state index is 10.9. The lowest BCUT2D eigenvalue weighted by atomic mass is 10.2. The van der Waals surface area contributed by atoms with Crippen LogP contribution in [0.1, 0.15) is 30.8 Å². The zero-order valence-electron chi connectivity index (χ0n) is 12.8. The van der Waals surface area contributed by atoms with E-state index in [9.17, 15) is 4.79 Å². The molecule has 1 aromatic heterocycles. The maximum Gasteiger partial charge on any atom is 0.354 e. The molecule has 0 radical (unpaired) electrons. The van der Waals surface area contributed by atoms with Crippen LogP contribution >= 0.6 is 0 Å². The standard InChI is InChI=1S/C17H20N2O3/c1-11(2)19-8-7-14(10-19)22-13-4-6-15-12(9-13)3-5-16(18-15)17(20)21/h3-6,9,11,14H,7-8,10H2,1-2H3,(H,20,21). The summed E-state index contributed by atoms with van der Waals surface area (Å²) in [5.41, 5.74) is 0.729. The molecule has 5 heteroatoms. The number of nitrogens with zero attached hydrogens (tertiary/aromatic N) is 2. The predicted octanol–water partition coefficient (Wildman–Crippen LogP) is 2.79. The van der Waals surface area contributed by atoms with Crippen molar-refractivity contribution in [3.63, 3.8) is 0 Å². The van der Waals surface area contributed by atoms with Crippen molar-refractivity contribution in [1.82, 2.24) is 9.88 Å². The van der Waals surface area contributed by atoms with E-state index >= 15 is 0 Å². The summed E-state index contributed by atoms with van der Waals surface area (Å²) >= 11 is 0. The van der Waals surface area contributed by atoms with Gasteiger partial charge in [-0.3, -0.25) is 4.90 Å². The first-order chi connectivity index (χ1) is 10.5. The number of ether oxygens (including phenoxy) is 1. The second kappa shape index (κ2) is 5.93. The van der Waals surface area contributed by atoms with Crippen LogP contribution in [0, 0.1) is 0 Å². The number of fused-ring (bicyclic) bond motifs is 1. The summed E-state index contributed by atoms with van der Waals surface area (Å²) in [6.07, 6.45) is 1.25. The van der Waals surface area contributed by atoms with Crippen molar-refractivity contribution in [3.05, 3.63) is 36.0 Å². The Morgan fingerprint density at radius 3 is 2.86 bits per heavy atom. The lowest BCUT2D eigenvalue weighted by molar-refractivity contribution is 0.0691. The van der Waals surface area contributed by atoms with E-state index in [2.05, 4.69) is 23.7 Å². The highest BCUT2D eigenvalue weighted by Gasteiger charge is 2.25. The molecule has 3 rings (SSSR count). The number of benzene rings is 1. The fourth-order valence-corrected chi connectivity index (χ4v) is 2.81. The first-order valence-electron chi connectivity index (χ1n) is 7.58. The molecular formula is C17H20N2O3. The van der Waals surface area contributed by atoms with Crippen LogP contribution in [0.3, 0.4) is 0 Å². The first kappa shape index (κ1) is 14.8. The SMILES string of the molecule is CC(C)N1CCC(Oc2ccc3nc(C(=O)O)ccc3c2)C1. The van der Waals surface area contributed by atoms with Crippen LogP contribution in [0.4, 0.5) is 0 Å². The fourth-order valence-electron chi connectivity index (χ4n) is 2.81. The van der Waals surface area contributed by atoms with Gasteiger partial charge in [0.25, 0.3) is 0 Å². The highest BCUT2D eigenvalue weighted by molar-refractivity contribution is 5.90. The summed E-state index contributed by atoms with van der Waals surface area (Å²) in [7, 11) is 0. The number of hydrogen-bond acceptors (Lipinski definition) is 4. The number of carboxylic acid groups (broad SMARTS) is 1. The molecule has 0 aliphatic carbocycles. The van der Waals surface area contributed by atoms with Gasteiger partial charge < -0.3 is 9.84 Å². The van der Waals surface area contributed by atoms with Gasteiger partial charge in [0.2, 0.25) is 0 Å². The fraction of sp³-hybridized carbons (Fsp3) is 0.412. The Morgan fingerprint density at radius 2 is 2.18 bits per heavy atom. The molecule has 2 heterocycles. The Bertz CT molecular complexity index is 699. The van der Waals surface area contributed by atoms with Gasteiger partial charge in [-0.15, -0.1) is 0 Å². The molecule has 0 bridgehead atoms. The second-order valence-electron chi connectivity index (χ2n) is 5.97. The van der Waals surface area contributed by atoms with E-state index in [-0.39, 0.29) is 11.8 Å². The first-order valence-corrected chi connectivity index (χ1v) is 7.58. The van der Waals surface area contributed by atoms with E-state index in [0.717, 1.165) is 30.6 Å². The van der Waals surface area contributed by atoms with Gasteiger partial charge in [-0.1, -0.05) is 6.07 Å². The Labute approximate surface area is 129 Å². The molecule has 1 unspecified atom stereocenters. The number of likely N-dealkylation sites (tertiary alicyclic amines) is 1. The van der Waals surface area contributed by atoms with Crippen molar-refractivity contribution in [2.75, 3.05) is 13.1 Å². The second-order valence-corrected chi connectivity index (χ2v) is 5.97. The van der Waals surface area contributed by atoms with Crippen LogP contribution in [-0.4, -0.2) is 46.2 Å². The van der Waals surface area contributed by atoms with Gasteiger partial charge in [0.1, 0.15) is 17.5 Å². The number of pyridine rings is 1. The third-order valence-electron chi connectivity index (χ3n) is 4.09. The quantitative estimate of drug-likeness (QED) is 0.940. The molecule has 1 N–H and O–H groups in total. The van der Waals surface area contributed by atoms with E-state index < -0.39 is 5.97 Å². The van der Waals surface area contributed by atoms with Crippen LogP contribution in [0.5, 0.6) is 5.75 Å². The molecule has 1 saturated heterocycles. The molecule has 1 atom stereocenters. The van der Waals surface area contributed by atoms with Gasteiger partial charge in [-0.25, -0.2) is 9.78 Å². The Hall–Kier alpha value is -2.14. The number of aromatic nitrogens is 1. The van der Waals surface area contributed by atoms with E-state index in [1.165, 1.54) is 6.07 Å². The van der Waals surface area contributed by atoms with Crippen LogP contribution in [-0.2, 0) is 0 Å².